The molecule has 0 saturated heterocycles. The fraction of sp³-hybridized carbons (Fsp3) is 0.0909. The number of aromatic nitrogens is 1. The Morgan fingerprint density at radius 3 is 1.00 bits per heavy atom. The standard InChI is InChI=1S/C88H66BN5/c1-87(2,3)67-41-45-78-74(51-67)75-52-68(88(4,5)6)42-46-79(75)92(78)69-53-82-84-83(54-69)94(86-72(61-29-15-9-16-30-61)37-22-38-73(86)62-31-17-10-18-32-62)81-44-40-66(64-34-20-24-58(48-64)56-91)50-77(81)89(84)76-49-65(63-33-19-23-57(47-63)55-90)39-43-80(76)93(82)85-70(59-25-11-7-12-26-59)35-21-36-71(85)60-27-13-8-14-28-60/h7-54H,1-6H3. The molecule has 0 radical (unpaired) electrons. The Hall–Kier alpha value is -11.7. The number of nitriles is 2. The van der Waals surface area contributed by atoms with Crippen LogP contribution in [-0.2, 0) is 10.8 Å². The molecule has 14 aromatic rings. The van der Waals surface area contributed by atoms with Crippen LogP contribution in [0.15, 0.2) is 291 Å². The van der Waals surface area contributed by atoms with E-state index < -0.39 is 0 Å². The molecule has 0 N–H and O–H groups in total. The van der Waals surface area contributed by atoms with Crippen molar-refractivity contribution in [2.24, 2.45) is 0 Å². The smallest absolute Gasteiger partial charge is 0.252 e. The average Bonchev–Trinajstić information content (AvgIpc) is 0.783. The molecule has 0 unspecified atom stereocenters. The second-order valence-corrected chi connectivity index (χ2v) is 27.1. The number of para-hydroxylation sites is 2. The van der Waals surface area contributed by atoms with Gasteiger partial charge in [0.2, 0.25) is 0 Å². The SMILES string of the molecule is CC(C)(C)c1ccc2c(c1)c1cc(C(C)(C)C)ccc1n2-c1cc2c3c(c1)N(c1c(-c4ccccc4)cccc1-c1ccccc1)c1ccc(-c4cccc(C#N)c4)cc1B3c1cc(-c3cccc(C#N)c3)ccc1N2c1c(-c2ccccc2)cccc1-c1ccccc1. The maximum absolute atomic E-state index is 10.4. The predicted octanol–water partition coefficient (Wildman–Crippen LogP) is 21.2. The van der Waals surface area contributed by atoms with E-state index in [0.717, 1.165) is 134 Å². The van der Waals surface area contributed by atoms with Crippen LogP contribution in [-0.4, -0.2) is 11.3 Å². The van der Waals surface area contributed by atoms with E-state index in [2.05, 4.69) is 323 Å². The average molecular weight is 1200 g/mol. The summed E-state index contributed by atoms with van der Waals surface area (Å²) in [4.78, 5) is 5.20. The van der Waals surface area contributed by atoms with Gasteiger partial charge in [0.15, 0.2) is 0 Å². The van der Waals surface area contributed by atoms with Crippen molar-refractivity contribution in [3.63, 3.8) is 0 Å². The third kappa shape index (κ3) is 9.69. The van der Waals surface area contributed by atoms with E-state index in [1.807, 2.05) is 36.4 Å². The molecule has 446 valence electrons. The molecule has 1 aromatic heterocycles. The van der Waals surface area contributed by atoms with Gasteiger partial charge >= 0.3 is 0 Å². The molecule has 0 spiro atoms. The lowest BCUT2D eigenvalue weighted by Crippen LogP contribution is -2.61. The third-order valence-electron chi connectivity index (χ3n) is 19.3. The summed E-state index contributed by atoms with van der Waals surface area (Å²) < 4.78 is 2.54. The Kier molecular flexibility index (Phi) is 13.8. The highest BCUT2D eigenvalue weighted by Crippen LogP contribution is 2.54. The van der Waals surface area contributed by atoms with Crippen LogP contribution in [0.25, 0.3) is 94.3 Å². The van der Waals surface area contributed by atoms with Gasteiger partial charge in [0, 0.05) is 55.8 Å². The Labute approximate surface area is 551 Å². The van der Waals surface area contributed by atoms with Crippen molar-refractivity contribution in [2.45, 2.75) is 52.4 Å². The molecule has 0 atom stereocenters. The summed E-state index contributed by atoms with van der Waals surface area (Å²) in [6.45, 7) is 13.5. The lowest BCUT2D eigenvalue weighted by atomic mass is 9.33. The second-order valence-electron chi connectivity index (χ2n) is 27.1. The minimum absolute atomic E-state index is 0.0982. The number of hydrogen-bond acceptors (Lipinski definition) is 4. The summed E-state index contributed by atoms with van der Waals surface area (Å²) >= 11 is 0. The van der Waals surface area contributed by atoms with E-state index in [1.54, 1.807) is 0 Å². The fourth-order valence-corrected chi connectivity index (χ4v) is 14.7. The Balaban J connectivity index is 1.12. The highest BCUT2D eigenvalue weighted by atomic mass is 15.2. The Bertz CT molecular complexity index is 4980. The Morgan fingerprint density at radius 1 is 0.309 bits per heavy atom. The lowest BCUT2D eigenvalue weighted by Gasteiger charge is -2.46. The first-order valence-corrected chi connectivity index (χ1v) is 32.5. The molecule has 6 heteroatoms. The third-order valence-corrected chi connectivity index (χ3v) is 19.3. The summed E-state index contributed by atoms with van der Waals surface area (Å²) in [5, 5.41) is 23.2. The number of fused-ring (bicyclic) bond motifs is 7. The van der Waals surface area contributed by atoms with Crippen LogP contribution in [0.1, 0.15) is 63.8 Å². The maximum atomic E-state index is 10.4. The van der Waals surface area contributed by atoms with Crippen LogP contribution in [0, 0.1) is 22.7 Å². The van der Waals surface area contributed by atoms with Crippen LogP contribution in [0.3, 0.4) is 0 Å². The Morgan fingerprint density at radius 2 is 0.649 bits per heavy atom. The van der Waals surface area contributed by atoms with Gasteiger partial charge in [-0.2, -0.15) is 10.5 Å². The van der Waals surface area contributed by atoms with Crippen LogP contribution >= 0.6 is 0 Å². The number of rotatable bonds is 9. The summed E-state index contributed by atoms with van der Waals surface area (Å²) in [7, 11) is 0. The predicted molar refractivity (Wildman–Crippen MR) is 394 cm³/mol. The molecule has 94 heavy (non-hydrogen) atoms. The van der Waals surface area contributed by atoms with Crippen molar-refractivity contribution in [1.29, 1.82) is 10.5 Å². The zero-order valence-corrected chi connectivity index (χ0v) is 53.5. The van der Waals surface area contributed by atoms with Crippen LogP contribution in [0.4, 0.5) is 34.1 Å². The van der Waals surface area contributed by atoms with Gasteiger partial charge in [0.1, 0.15) is 0 Å². The monoisotopic (exact) mass is 1200 g/mol. The van der Waals surface area contributed by atoms with Gasteiger partial charge in [0.05, 0.1) is 51.4 Å². The van der Waals surface area contributed by atoms with Gasteiger partial charge in [-0.25, -0.2) is 0 Å². The molecule has 0 fully saturated rings. The largest absolute Gasteiger partial charge is 0.310 e. The molecule has 2 aliphatic heterocycles. The first-order valence-electron chi connectivity index (χ1n) is 32.5. The quantitative estimate of drug-likeness (QED) is 0.135. The highest BCUT2D eigenvalue weighted by molar-refractivity contribution is 7.00. The first kappa shape index (κ1) is 57.5. The van der Waals surface area contributed by atoms with Crippen molar-refractivity contribution in [3.8, 4) is 84.6 Å². The van der Waals surface area contributed by atoms with Crippen molar-refractivity contribution in [1.82, 2.24) is 4.57 Å². The normalized spacial score (nSPS) is 12.5. The van der Waals surface area contributed by atoms with Gasteiger partial charge in [-0.15, -0.1) is 0 Å². The van der Waals surface area contributed by atoms with Crippen molar-refractivity contribution in [2.75, 3.05) is 9.80 Å². The maximum Gasteiger partial charge on any atom is 0.252 e. The van der Waals surface area contributed by atoms with Crippen molar-refractivity contribution >= 4 is 79.0 Å². The molecule has 5 nitrogen and oxygen atoms in total. The van der Waals surface area contributed by atoms with E-state index in [1.165, 1.54) is 21.9 Å². The van der Waals surface area contributed by atoms with E-state index in [-0.39, 0.29) is 17.5 Å². The first-order chi connectivity index (χ1) is 45.8. The lowest BCUT2D eigenvalue weighted by molar-refractivity contribution is 0.590. The minimum atomic E-state index is -0.357. The van der Waals surface area contributed by atoms with E-state index >= 15 is 0 Å². The van der Waals surface area contributed by atoms with Crippen molar-refractivity contribution in [3.05, 3.63) is 313 Å². The van der Waals surface area contributed by atoms with Gasteiger partial charge in [-0.05, 0) is 156 Å². The number of nitrogens with zero attached hydrogens (tertiary/aromatic N) is 5. The number of hydrogen-bond donors (Lipinski definition) is 0. The van der Waals surface area contributed by atoms with Crippen LogP contribution < -0.4 is 26.2 Å². The highest BCUT2D eigenvalue weighted by Gasteiger charge is 2.46. The molecule has 16 rings (SSSR count). The molecule has 0 bridgehead atoms. The van der Waals surface area contributed by atoms with E-state index in [4.69, 9.17) is 0 Å². The minimum Gasteiger partial charge on any atom is -0.310 e. The summed E-state index contributed by atoms with van der Waals surface area (Å²) in [6.07, 6.45) is 0. The molecular weight excluding hydrogens is 1140 g/mol. The van der Waals surface area contributed by atoms with E-state index in [9.17, 15) is 10.5 Å². The summed E-state index contributed by atoms with van der Waals surface area (Å²) in [6, 6.07) is 111. The molecule has 0 saturated carbocycles. The van der Waals surface area contributed by atoms with Crippen molar-refractivity contribution < 1.29 is 0 Å². The number of anilines is 6. The van der Waals surface area contributed by atoms with Gasteiger partial charge in [-0.1, -0.05) is 260 Å². The molecular formula is C88H66BN5. The molecule has 3 heterocycles. The summed E-state index contributed by atoms with van der Waals surface area (Å²) in [5.74, 6) is 0. The fourth-order valence-electron chi connectivity index (χ4n) is 14.7. The molecule has 2 aliphatic rings. The van der Waals surface area contributed by atoms with Gasteiger partial charge in [0.25, 0.3) is 6.71 Å². The zero-order chi connectivity index (χ0) is 64.0. The van der Waals surface area contributed by atoms with Gasteiger partial charge < -0.3 is 14.4 Å². The van der Waals surface area contributed by atoms with Crippen LogP contribution in [0.2, 0.25) is 0 Å². The zero-order valence-electron chi connectivity index (χ0n) is 53.5. The second kappa shape index (κ2) is 22.6. The molecule has 0 amide bonds. The van der Waals surface area contributed by atoms with Gasteiger partial charge in [-0.3, -0.25) is 0 Å². The molecule has 13 aromatic carbocycles. The summed E-state index contributed by atoms with van der Waals surface area (Å²) in [5.41, 5.74) is 29.2. The van der Waals surface area contributed by atoms with E-state index in [0.29, 0.717) is 11.1 Å². The van der Waals surface area contributed by atoms with Crippen LogP contribution in [0.5, 0.6) is 0 Å². The number of benzene rings is 13. The molecule has 0 aliphatic carbocycles. The topological polar surface area (TPSA) is 59.0 Å².